The SMILES string of the molecule is CCc1nc(CCNC(=O)CN2CCOc3ccccc3C2)cc(=O)[nH]1.O=C(O)C(F)(F)F. The number of nitrogens with zero attached hydrogens (tertiary/aromatic N) is 2. The Morgan fingerprint density at radius 1 is 1.30 bits per heavy atom. The van der Waals surface area contributed by atoms with Crippen LogP contribution in [0.25, 0.3) is 0 Å². The average Bonchev–Trinajstić information content (AvgIpc) is 2.94. The van der Waals surface area contributed by atoms with Crippen LogP contribution in [0.2, 0.25) is 0 Å². The number of fused-ring (bicyclic) bond motifs is 1. The minimum Gasteiger partial charge on any atom is -0.492 e. The molecule has 1 aliphatic heterocycles. The maximum Gasteiger partial charge on any atom is 0.490 e. The molecule has 0 spiro atoms. The zero-order chi connectivity index (χ0) is 24.4. The Hall–Kier alpha value is -3.41. The summed E-state index contributed by atoms with van der Waals surface area (Å²) in [5, 5.41) is 10.0. The van der Waals surface area contributed by atoms with E-state index in [1.807, 2.05) is 31.2 Å². The van der Waals surface area contributed by atoms with Crippen LogP contribution in [0, 0.1) is 0 Å². The molecule has 1 aromatic heterocycles. The third-order valence-corrected chi connectivity index (χ3v) is 4.52. The smallest absolute Gasteiger partial charge is 0.490 e. The van der Waals surface area contributed by atoms with Crippen LogP contribution in [-0.4, -0.2) is 64.3 Å². The summed E-state index contributed by atoms with van der Waals surface area (Å²) >= 11 is 0. The molecule has 0 saturated carbocycles. The van der Waals surface area contributed by atoms with E-state index in [9.17, 15) is 22.8 Å². The van der Waals surface area contributed by atoms with Gasteiger partial charge in [-0.2, -0.15) is 13.2 Å². The van der Waals surface area contributed by atoms with Crippen LogP contribution in [0.3, 0.4) is 0 Å². The van der Waals surface area contributed by atoms with Crippen molar-refractivity contribution >= 4 is 11.9 Å². The number of carboxylic acid groups (broad SMARTS) is 1. The normalized spacial score (nSPS) is 13.6. The molecular weight excluding hydrogens is 445 g/mol. The Bertz CT molecular complexity index is 1010. The third-order valence-electron chi connectivity index (χ3n) is 4.52. The number of rotatable bonds is 6. The van der Waals surface area contributed by atoms with Crippen molar-refractivity contribution in [3.63, 3.8) is 0 Å². The number of aryl methyl sites for hydroxylation is 1. The predicted octanol–water partition coefficient (Wildman–Crippen LogP) is 1.52. The van der Waals surface area contributed by atoms with Crippen molar-refractivity contribution in [2.75, 3.05) is 26.2 Å². The van der Waals surface area contributed by atoms with Crippen molar-refractivity contribution in [1.29, 1.82) is 0 Å². The number of amides is 1. The number of nitrogens with one attached hydrogen (secondary N) is 2. The summed E-state index contributed by atoms with van der Waals surface area (Å²) in [5.74, 6) is -1.23. The average molecular weight is 470 g/mol. The van der Waals surface area contributed by atoms with E-state index in [-0.39, 0.29) is 11.5 Å². The van der Waals surface area contributed by atoms with Crippen molar-refractivity contribution in [3.8, 4) is 5.75 Å². The molecule has 3 rings (SSSR count). The zero-order valence-corrected chi connectivity index (χ0v) is 17.9. The second-order valence-corrected chi connectivity index (χ2v) is 7.11. The minimum absolute atomic E-state index is 0.0371. The predicted molar refractivity (Wildman–Crippen MR) is 112 cm³/mol. The number of hydrogen-bond donors (Lipinski definition) is 3. The molecule has 1 aliphatic rings. The van der Waals surface area contributed by atoms with Gasteiger partial charge in [-0.1, -0.05) is 25.1 Å². The van der Waals surface area contributed by atoms with Crippen molar-refractivity contribution in [3.05, 3.63) is 57.8 Å². The van der Waals surface area contributed by atoms with Gasteiger partial charge >= 0.3 is 12.1 Å². The van der Waals surface area contributed by atoms with Gasteiger partial charge in [0.2, 0.25) is 5.91 Å². The number of H-pyrrole nitrogens is 1. The highest BCUT2D eigenvalue weighted by Gasteiger charge is 2.38. The standard InChI is InChI=1S/C19H24N4O3.C2HF3O2/c1-2-17-21-15(11-18(24)22-17)7-8-20-19(25)13-23-9-10-26-16-6-4-3-5-14(16)12-23;3-2(4,5)1(6)7/h3-6,11H,2,7-10,12-13H2,1H3,(H,20,25)(H,21,22,24);(H,6,7). The minimum atomic E-state index is -5.08. The molecule has 12 heteroatoms. The lowest BCUT2D eigenvalue weighted by atomic mass is 10.2. The summed E-state index contributed by atoms with van der Waals surface area (Å²) in [5.41, 5.74) is 1.64. The Morgan fingerprint density at radius 2 is 2.00 bits per heavy atom. The van der Waals surface area contributed by atoms with Crippen molar-refractivity contribution in [2.45, 2.75) is 32.5 Å². The fourth-order valence-corrected chi connectivity index (χ4v) is 2.96. The van der Waals surface area contributed by atoms with Gasteiger partial charge in [0, 0.05) is 49.8 Å². The fraction of sp³-hybridized carbons (Fsp3) is 0.429. The highest BCUT2D eigenvalue weighted by Crippen LogP contribution is 2.22. The van der Waals surface area contributed by atoms with Crippen LogP contribution in [0.15, 0.2) is 35.1 Å². The second-order valence-electron chi connectivity index (χ2n) is 7.11. The Morgan fingerprint density at radius 3 is 2.67 bits per heavy atom. The van der Waals surface area contributed by atoms with Gasteiger partial charge in [-0.25, -0.2) is 9.78 Å². The van der Waals surface area contributed by atoms with Gasteiger partial charge in [0.25, 0.3) is 5.56 Å². The van der Waals surface area contributed by atoms with Gasteiger partial charge in [0.05, 0.1) is 6.54 Å². The van der Waals surface area contributed by atoms with Crippen molar-refractivity contribution in [2.24, 2.45) is 0 Å². The lowest BCUT2D eigenvalue weighted by Gasteiger charge is -2.18. The van der Waals surface area contributed by atoms with E-state index in [4.69, 9.17) is 14.6 Å². The van der Waals surface area contributed by atoms with Crippen molar-refractivity contribution < 1.29 is 32.6 Å². The molecule has 2 heterocycles. The zero-order valence-electron chi connectivity index (χ0n) is 17.9. The van der Waals surface area contributed by atoms with Crippen LogP contribution in [0.1, 0.15) is 24.0 Å². The molecule has 1 aromatic carbocycles. The molecule has 0 aliphatic carbocycles. The first kappa shape index (κ1) is 25.8. The van der Waals surface area contributed by atoms with Gasteiger partial charge in [-0.3, -0.25) is 14.5 Å². The molecule has 0 radical (unpaired) electrons. The van der Waals surface area contributed by atoms with Crippen LogP contribution in [-0.2, 0) is 29.0 Å². The summed E-state index contributed by atoms with van der Waals surface area (Å²) in [6.45, 7) is 4.68. The van der Waals surface area contributed by atoms with E-state index in [0.717, 1.165) is 11.3 Å². The second kappa shape index (κ2) is 12.0. The highest BCUT2D eigenvalue weighted by molar-refractivity contribution is 5.78. The van der Waals surface area contributed by atoms with Crippen LogP contribution >= 0.6 is 0 Å². The lowest BCUT2D eigenvalue weighted by molar-refractivity contribution is -0.192. The first-order valence-corrected chi connectivity index (χ1v) is 10.2. The van der Waals surface area contributed by atoms with E-state index in [1.165, 1.54) is 6.07 Å². The monoisotopic (exact) mass is 470 g/mol. The van der Waals surface area contributed by atoms with Gasteiger partial charge in [0.1, 0.15) is 18.2 Å². The van der Waals surface area contributed by atoms with Gasteiger partial charge < -0.3 is 20.1 Å². The number of ether oxygens (including phenoxy) is 1. The molecule has 0 saturated heterocycles. The summed E-state index contributed by atoms with van der Waals surface area (Å²) in [6, 6.07) is 9.39. The topological polar surface area (TPSA) is 125 Å². The number of halogens is 3. The highest BCUT2D eigenvalue weighted by atomic mass is 19.4. The molecule has 0 bridgehead atoms. The summed E-state index contributed by atoms with van der Waals surface area (Å²) in [7, 11) is 0. The van der Waals surface area contributed by atoms with Crippen LogP contribution in [0.5, 0.6) is 5.75 Å². The number of aromatic nitrogens is 2. The van der Waals surface area contributed by atoms with Gasteiger partial charge in [0.15, 0.2) is 0 Å². The van der Waals surface area contributed by atoms with E-state index in [0.29, 0.717) is 57.1 Å². The number of para-hydroxylation sites is 1. The van der Waals surface area contributed by atoms with Crippen LogP contribution in [0.4, 0.5) is 13.2 Å². The number of carboxylic acids is 1. The maximum absolute atomic E-state index is 12.2. The Balaban J connectivity index is 0.000000479. The first-order valence-electron chi connectivity index (χ1n) is 10.2. The van der Waals surface area contributed by atoms with Gasteiger partial charge in [-0.05, 0) is 6.07 Å². The number of alkyl halides is 3. The maximum atomic E-state index is 12.2. The lowest BCUT2D eigenvalue weighted by Crippen LogP contribution is -2.38. The number of carbonyl (C=O) groups is 2. The molecular formula is C21H25F3N4O5. The summed E-state index contributed by atoms with van der Waals surface area (Å²) in [4.78, 5) is 41.8. The number of aromatic amines is 1. The molecule has 9 nitrogen and oxygen atoms in total. The number of aliphatic carboxylic acids is 1. The quantitative estimate of drug-likeness (QED) is 0.585. The van der Waals surface area contributed by atoms with E-state index in [1.54, 1.807) is 0 Å². The molecule has 2 aromatic rings. The summed E-state index contributed by atoms with van der Waals surface area (Å²) in [6.07, 6.45) is -3.87. The molecule has 180 valence electrons. The van der Waals surface area contributed by atoms with Crippen molar-refractivity contribution in [1.82, 2.24) is 20.2 Å². The first-order chi connectivity index (χ1) is 15.6. The number of carbonyl (C=O) groups excluding carboxylic acids is 1. The largest absolute Gasteiger partial charge is 0.492 e. The summed E-state index contributed by atoms with van der Waals surface area (Å²) < 4.78 is 37.5. The van der Waals surface area contributed by atoms with Gasteiger partial charge in [-0.15, -0.1) is 0 Å². The molecule has 0 unspecified atom stereocenters. The molecule has 3 N–H and O–H groups in total. The van der Waals surface area contributed by atoms with Crippen LogP contribution < -0.4 is 15.6 Å². The molecule has 0 fully saturated rings. The third kappa shape index (κ3) is 8.93. The number of hydrogen-bond acceptors (Lipinski definition) is 6. The Labute approximate surface area is 187 Å². The molecule has 33 heavy (non-hydrogen) atoms. The number of benzene rings is 1. The van der Waals surface area contributed by atoms with E-state index in [2.05, 4.69) is 20.2 Å². The van der Waals surface area contributed by atoms with E-state index < -0.39 is 12.1 Å². The fourth-order valence-electron chi connectivity index (χ4n) is 2.96. The molecule has 0 atom stereocenters. The Kier molecular flexibility index (Phi) is 9.40. The van der Waals surface area contributed by atoms with E-state index >= 15 is 0 Å². The molecule has 1 amide bonds.